The van der Waals surface area contributed by atoms with Crippen molar-refractivity contribution in [1.29, 1.82) is 0 Å². The number of amides is 2. The number of carbonyl (C=O) groups is 2. The molecule has 0 saturated carbocycles. The SMILES string of the molecule is CC(=O)N1CSC[C@@H]1C(=O)N1CCCCCC1. The van der Waals surface area contributed by atoms with Crippen LogP contribution in [0, 0.1) is 0 Å². The van der Waals surface area contributed by atoms with Gasteiger partial charge in [-0.2, -0.15) is 0 Å². The molecule has 2 saturated heterocycles. The molecule has 4 nitrogen and oxygen atoms in total. The van der Waals surface area contributed by atoms with Gasteiger partial charge in [-0.05, 0) is 12.8 Å². The number of nitrogens with zero attached hydrogens (tertiary/aromatic N) is 2. The molecule has 0 N–H and O–H groups in total. The highest BCUT2D eigenvalue weighted by Gasteiger charge is 2.35. The molecule has 2 aliphatic heterocycles. The monoisotopic (exact) mass is 256 g/mol. The van der Waals surface area contributed by atoms with E-state index in [1.165, 1.54) is 12.8 Å². The van der Waals surface area contributed by atoms with Crippen LogP contribution >= 0.6 is 11.8 Å². The maximum atomic E-state index is 12.4. The van der Waals surface area contributed by atoms with Crippen LogP contribution in [0.1, 0.15) is 32.6 Å². The summed E-state index contributed by atoms with van der Waals surface area (Å²) in [5, 5.41) is 0. The summed E-state index contributed by atoms with van der Waals surface area (Å²) in [6.07, 6.45) is 4.65. The largest absolute Gasteiger partial charge is 0.341 e. The van der Waals surface area contributed by atoms with E-state index in [1.807, 2.05) is 4.90 Å². The van der Waals surface area contributed by atoms with Crippen molar-refractivity contribution in [2.24, 2.45) is 0 Å². The number of likely N-dealkylation sites (tertiary alicyclic amines) is 1. The summed E-state index contributed by atoms with van der Waals surface area (Å²) in [4.78, 5) is 27.5. The topological polar surface area (TPSA) is 40.6 Å². The van der Waals surface area contributed by atoms with Crippen LogP contribution in [0.2, 0.25) is 0 Å². The zero-order valence-corrected chi connectivity index (χ0v) is 11.2. The van der Waals surface area contributed by atoms with Gasteiger partial charge in [0.05, 0.1) is 5.88 Å². The number of thioether (sulfide) groups is 1. The van der Waals surface area contributed by atoms with Crippen LogP contribution in [0.3, 0.4) is 0 Å². The van der Waals surface area contributed by atoms with Gasteiger partial charge in [0.25, 0.3) is 0 Å². The third-order valence-corrected chi connectivity index (χ3v) is 4.50. The van der Waals surface area contributed by atoms with Crippen LogP contribution in [0.25, 0.3) is 0 Å². The Morgan fingerprint density at radius 2 is 1.76 bits per heavy atom. The van der Waals surface area contributed by atoms with E-state index in [1.54, 1.807) is 23.6 Å². The van der Waals surface area contributed by atoms with E-state index in [9.17, 15) is 9.59 Å². The Balaban J connectivity index is 2.00. The second kappa shape index (κ2) is 5.76. The van der Waals surface area contributed by atoms with Crippen LogP contribution in [-0.4, -0.2) is 52.4 Å². The highest BCUT2D eigenvalue weighted by atomic mass is 32.2. The molecule has 2 heterocycles. The fourth-order valence-corrected chi connectivity index (χ4v) is 3.67. The molecule has 0 aromatic carbocycles. The normalized spacial score (nSPS) is 25.8. The number of rotatable bonds is 1. The smallest absolute Gasteiger partial charge is 0.246 e. The molecular formula is C12H20N2O2S. The minimum absolute atomic E-state index is 0.0168. The third kappa shape index (κ3) is 2.94. The van der Waals surface area contributed by atoms with Gasteiger partial charge in [0.2, 0.25) is 11.8 Å². The molecule has 2 fully saturated rings. The second-order valence-electron chi connectivity index (χ2n) is 4.74. The van der Waals surface area contributed by atoms with Crippen molar-refractivity contribution in [2.45, 2.75) is 38.6 Å². The summed E-state index contributed by atoms with van der Waals surface area (Å²) in [5.74, 6) is 1.60. The number of carbonyl (C=O) groups excluding carboxylic acids is 2. The first-order valence-corrected chi connectivity index (χ1v) is 7.49. The molecule has 2 amide bonds. The summed E-state index contributed by atoms with van der Waals surface area (Å²) in [6.45, 7) is 3.28. The number of hydrogen-bond acceptors (Lipinski definition) is 3. The molecule has 0 radical (unpaired) electrons. The first kappa shape index (κ1) is 12.7. The highest BCUT2D eigenvalue weighted by Crippen LogP contribution is 2.23. The van der Waals surface area contributed by atoms with Gasteiger partial charge in [-0.1, -0.05) is 12.8 Å². The van der Waals surface area contributed by atoms with Crippen molar-refractivity contribution in [3.05, 3.63) is 0 Å². The van der Waals surface area contributed by atoms with Gasteiger partial charge >= 0.3 is 0 Å². The molecule has 0 aromatic rings. The van der Waals surface area contributed by atoms with Crippen LogP contribution in [0.15, 0.2) is 0 Å². The van der Waals surface area contributed by atoms with Crippen LogP contribution in [0.5, 0.6) is 0 Å². The molecule has 0 unspecified atom stereocenters. The predicted molar refractivity (Wildman–Crippen MR) is 68.7 cm³/mol. The van der Waals surface area contributed by atoms with Gasteiger partial charge in [0.1, 0.15) is 6.04 Å². The quantitative estimate of drug-likeness (QED) is 0.710. The summed E-state index contributed by atoms with van der Waals surface area (Å²) in [6, 6.07) is -0.212. The van der Waals surface area contributed by atoms with Crippen LogP contribution in [0.4, 0.5) is 0 Å². The Morgan fingerprint density at radius 3 is 2.35 bits per heavy atom. The summed E-state index contributed by atoms with van der Waals surface area (Å²) >= 11 is 1.67. The van der Waals surface area contributed by atoms with E-state index in [-0.39, 0.29) is 17.9 Å². The summed E-state index contributed by atoms with van der Waals surface area (Å²) in [5.41, 5.74) is 0. The van der Waals surface area contributed by atoms with Gasteiger partial charge in [-0.3, -0.25) is 9.59 Å². The predicted octanol–water partition coefficient (Wildman–Crippen LogP) is 1.31. The van der Waals surface area contributed by atoms with Gasteiger partial charge in [-0.25, -0.2) is 0 Å². The van der Waals surface area contributed by atoms with Gasteiger partial charge < -0.3 is 9.80 Å². The van der Waals surface area contributed by atoms with E-state index in [0.717, 1.165) is 31.7 Å². The van der Waals surface area contributed by atoms with Crippen LogP contribution in [-0.2, 0) is 9.59 Å². The van der Waals surface area contributed by atoms with Crippen molar-refractivity contribution in [3.63, 3.8) is 0 Å². The molecule has 17 heavy (non-hydrogen) atoms. The zero-order chi connectivity index (χ0) is 12.3. The van der Waals surface area contributed by atoms with E-state index < -0.39 is 0 Å². The fraction of sp³-hybridized carbons (Fsp3) is 0.833. The maximum Gasteiger partial charge on any atom is 0.246 e. The first-order chi connectivity index (χ1) is 8.20. The van der Waals surface area contributed by atoms with Gasteiger partial charge in [0, 0.05) is 25.8 Å². The Hall–Kier alpha value is -0.710. The minimum atomic E-state index is -0.212. The average Bonchev–Trinajstić information content (AvgIpc) is 2.64. The van der Waals surface area contributed by atoms with Crippen molar-refractivity contribution in [2.75, 3.05) is 24.7 Å². The van der Waals surface area contributed by atoms with Crippen molar-refractivity contribution < 1.29 is 9.59 Å². The molecule has 5 heteroatoms. The molecule has 2 aliphatic rings. The molecular weight excluding hydrogens is 236 g/mol. The van der Waals surface area contributed by atoms with Crippen LogP contribution < -0.4 is 0 Å². The Labute approximate surface area is 107 Å². The van der Waals surface area contributed by atoms with Crippen molar-refractivity contribution in [3.8, 4) is 0 Å². The lowest BCUT2D eigenvalue weighted by molar-refractivity contribution is -0.142. The molecule has 96 valence electrons. The molecule has 0 bridgehead atoms. The maximum absolute atomic E-state index is 12.4. The molecule has 0 aromatic heterocycles. The summed E-state index contributed by atoms with van der Waals surface area (Å²) in [7, 11) is 0. The average molecular weight is 256 g/mol. The third-order valence-electron chi connectivity index (χ3n) is 3.49. The van der Waals surface area contributed by atoms with Crippen molar-refractivity contribution in [1.82, 2.24) is 9.80 Å². The molecule has 2 rings (SSSR count). The Bertz CT molecular complexity index is 301. The lowest BCUT2D eigenvalue weighted by Crippen LogP contribution is -2.48. The summed E-state index contributed by atoms with van der Waals surface area (Å²) < 4.78 is 0. The minimum Gasteiger partial charge on any atom is -0.341 e. The first-order valence-electron chi connectivity index (χ1n) is 6.34. The Morgan fingerprint density at radius 1 is 1.12 bits per heavy atom. The van der Waals surface area contributed by atoms with E-state index >= 15 is 0 Å². The van der Waals surface area contributed by atoms with E-state index in [4.69, 9.17) is 0 Å². The highest BCUT2D eigenvalue weighted by molar-refractivity contribution is 7.99. The fourth-order valence-electron chi connectivity index (χ4n) is 2.46. The second-order valence-corrected chi connectivity index (χ2v) is 5.74. The molecule has 0 aliphatic carbocycles. The van der Waals surface area contributed by atoms with E-state index in [0.29, 0.717) is 5.88 Å². The zero-order valence-electron chi connectivity index (χ0n) is 10.4. The lowest BCUT2D eigenvalue weighted by atomic mass is 10.2. The molecule has 0 spiro atoms. The Kier molecular flexibility index (Phi) is 4.31. The van der Waals surface area contributed by atoms with Gasteiger partial charge in [-0.15, -0.1) is 11.8 Å². The van der Waals surface area contributed by atoms with Gasteiger partial charge in [0.15, 0.2) is 0 Å². The van der Waals surface area contributed by atoms with Crippen molar-refractivity contribution >= 4 is 23.6 Å². The van der Waals surface area contributed by atoms with E-state index in [2.05, 4.69) is 0 Å². The number of hydrogen-bond donors (Lipinski definition) is 0. The lowest BCUT2D eigenvalue weighted by Gasteiger charge is -2.28. The molecule has 1 atom stereocenters. The standard InChI is InChI=1S/C12H20N2O2S/c1-10(15)14-9-17-8-11(14)12(16)13-6-4-2-3-5-7-13/h11H,2-9H2,1H3/t11-/m1/s1.